The van der Waals surface area contributed by atoms with Crippen LogP contribution in [0.4, 0.5) is 5.69 Å². The van der Waals surface area contributed by atoms with Crippen molar-refractivity contribution < 1.29 is 9.59 Å². The predicted octanol–water partition coefficient (Wildman–Crippen LogP) is 3.38. The first kappa shape index (κ1) is 24.8. The summed E-state index contributed by atoms with van der Waals surface area (Å²) in [5, 5.41) is 12.4. The molecule has 4 rings (SSSR count). The van der Waals surface area contributed by atoms with E-state index in [4.69, 9.17) is 0 Å². The zero-order valence-electron chi connectivity index (χ0n) is 20.4. The van der Waals surface area contributed by atoms with Crippen molar-refractivity contribution in [2.24, 2.45) is 13.0 Å². The highest BCUT2D eigenvalue weighted by molar-refractivity contribution is 7.99. The molecule has 184 valence electrons. The monoisotopic (exact) mass is 492 g/mol. The fourth-order valence-electron chi connectivity index (χ4n) is 4.14. The Morgan fingerprint density at radius 2 is 1.57 bits per heavy atom. The largest absolute Gasteiger partial charge is 0.368 e. The predicted molar refractivity (Wildman–Crippen MR) is 138 cm³/mol. The SMILES string of the molecule is CC(C)C(NC(=O)c1ccccc1)c1nnc(SCC(=O)N2CCN(c3ccccc3)CC2)n1C. The summed E-state index contributed by atoms with van der Waals surface area (Å²) in [6.45, 7) is 7.14. The van der Waals surface area contributed by atoms with Gasteiger partial charge in [0.2, 0.25) is 5.91 Å². The lowest BCUT2D eigenvalue weighted by atomic mass is 10.0. The summed E-state index contributed by atoms with van der Waals surface area (Å²) in [4.78, 5) is 29.8. The molecular formula is C26H32N6O2S. The van der Waals surface area contributed by atoms with E-state index in [2.05, 4.69) is 32.5 Å². The standard InChI is InChI=1S/C26H32N6O2S/c1-19(2)23(27-25(34)20-10-6-4-7-11-20)24-28-29-26(30(24)3)35-18-22(33)32-16-14-31(15-17-32)21-12-8-5-9-13-21/h4-13,19,23H,14-18H2,1-3H3,(H,27,34). The van der Waals surface area contributed by atoms with E-state index in [1.54, 1.807) is 12.1 Å². The summed E-state index contributed by atoms with van der Waals surface area (Å²) in [6, 6.07) is 19.1. The van der Waals surface area contributed by atoms with Crippen molar-refractivity contribution in [1.29, 1.82) is 0 Å². The maximum absolute atomic E-state index is 12.8. The molecule has 2 aromatic carbocycles. The Hall–Kier alpha value is -3.33. The summed E-state index contributed by atoms with van der Waals surface area (Å²) < 4.78 is 1.88. The molecular weight excluding hydrogens is 460 g/mol. The van der Waals surface area contributed by atoms with Crippen LogP contribution >= 0.6 is 11.8 Å². The molecule has 0 saturated carbocycles. The number of aromatic nitrogens is 3. The third-order valence-corrected chi connectivity index (χ3v) is 7.22. The molecule has 9 heteroatoms. The van der Waals surface area contributed by atoms with Crippen molar-refractivity contribution in [2.75, 3.05) is 36.8 Å². The number of rotatable bonds is 8. The highest BCUT2D eigenvalue weighted by Crippen LogP contribution is 2.25. The number of carbonyl (C=O) groups is 2. The van der Waals surface area contributed by atoms with Gasteiger partial charge in [-0.05, 0) is 30.2 Å². The number of carbonyl (C=O) groups excluding carboxylic acids is 2. The zero-order valence-corrected chi connectivity index (χ0v) is 21.2. The number of nitrogens with zero attached hydrogens (tertiary/aromatic N) is 5. The van der Waals surface area contributed by atoms with Crippen LogP contribution in [-0.4, -0.2) is 63.4 Å². The van der Waals surface area contributed by atoms with Crippen molar-refractivity contribution >= 4 is 29.3 Å². The molecule has 1 aromatic heterocycles. The van der Waals surface area contributed by atoms with Gasteiger partial charge in [-0.3, -0.25) is 9.59 Å². The van der Waals surface area contributed by atoms with Crippen LogP contribution in [0.15, 0.2) is 65.8 Å². The minimum Gasteiger partial charge on any atom is -0.368 e. The van der Waals surface area contributed by atoms with E-state index < -0.39 is 0 Å². The number of piperazine rings is 1. The molecule has 1 aliphatic heterocycles. The van der Waals surface area contributed by atoms with Gasteiger partial charge in [0, 0.05) is 44.5 Å². The van der Waals surface area contributed by atoms with E-state index in [-0.39, 0.29) is 23.8 Å². The maximum Gasteiger partial charge on any atom is 0.251 e. The second kappa shape index (κ2) is 11.4. The number of benzene rings is 2. The van der Waals surface area contributed by atoms with E-state index in [1.807, 2.05) is 66.8 Å². The van der Waals surface area contributed by atoms with Gasteiger partial charge in [0.1, 0.15) is 0 Å². The Kier molecular flexibility index (Phi) is 8.07. The van der Waals surface area contributed by atoms with Gasteiger partial charge >= 0.3 is 0 Å². The molecule has 1 N–H and O–H groups in total. The normalized spacial score (nSPS) is 14.7. The van der Waals surface area contributed by atoms with Crippen LogP contribution in [0.3, 0.4) is 0 Å². The molecule has 1 atom stereocenters. The van der Waals surface area contributed by atoms with Gasteiger partial charge < -0.3 is 19.7 Å². The van der Waals surface area contributed by atoms with Crippen molar-refractivity contribution in [1.82, 2.24) is 25.0 Å². The lowest BCUT2D eigenvalue weighted by Gasteiger charge is -2.36. The van der Waals surface area contributed by atoms with Crippen LogP contribution in [0.2, 0.25) is 0 Å². The minimum atomic E-state index is -0.295. The molecule has 1 saturated heterocycles. The molecule has 1 aliphatic rings. The van der Waals surface area contributed by atoms with Crippen LogP contribution in [0.1, 0.15) is 36.1 Å². The third-order valence-electron chi connectivity index (χ3n) is 6.21. The lowest BCUT2D eigenvalue weighted by Crippen LogP contribution is -2.49. The number of hydrogen-bond donors (Lipinski definition) is 1. The molecule has 0 bridgehead atoms. The number of nitrogens with one attached hydrogen (secondary N) is 1. The molecule has 8 nitrogen and oxygen atoms in total. The minimum absolute atomic E-state index is 0.102. The van der Waals surface area contributed by atoms with Crippen LogP contribution in [-0.2, 0) is 11.8 Å². The van der Waals surface area contributed by atoms with E-state index >= 15 is 0 Å². The molecule has 3 aromatic rings. The number of para-hydroxylation sites is 1. The van der Waals surface area contributed by atoms with E-state index in [9.17, 15) is 9.59 Å². The van der Waals surface area contributed by atoms with E-state index in [1.165, 1.54) is 17.4 Å². The Bertz CT molecular complexity index is 1130. The second-order valence-corrected chi connectivity index (χ2v) is 9.90. The van der Waals surface area contributed by atoms with Crippen LogP contribution in [0.25, 0.3) is 0 Å². The van der Waals surface area contributed by atoms with Gasteiger partial charge in [0.25, 0.3) is 5.91 Å². The first-order valence-electron chi connectivity index (χ1n) is 11.9. The Morgan fingerprint density at radius 1 is 0.943 bits per heavy atom. The number of amides is 2. The number of thioether (sulfide) groups is 1. The van der Waals surface area contributed by atoms with Gasteiger partial charge in [-0.15, -0.1) is 10.2 Å². The zero-order chi connectivity index (χ0) is 24.8. The Labute approximate surface area is 210 Å². The quantitative estimate of drug-likeness (QED) is 0.486. The van der Waals surface area contributed by atoms with Gasteiger partial charge in [-0.1, -0.05) is 62.0 Å². The fraction of sp³-hybridized carbons (Fsp3) is 0.385. The molecule has 1 fully saturated rings. The number of hydrogen-bond acceptors (Lipinski definition) is 6. The average molecular weight is 493 g/mol. The third kappa shape index (κ3) is 6.03. The van der Waals surface area contributed by atoms with Crippen LogP contribution in [0.5, 0.6) is 0 Å². The summed E-state index contributed by atoms with van der Waals surface area (Å²) in [6.07, 6.45) is 0. The molecule has 2 amide bonds. The van der Waals surface area contributed by atoms with Crippen molar-refractivity contribution in [3.8, 4) is 0 Å². The van der Waals surface area contributed by atoms with Gasteiger partial charge in [-0.2, -0.15) is 0 Å². The second-order valence-electron chi connectivity index (χ2n) is 8.95. The van der Waals surface area contributed by atoms with Crippen LogP contribution < -0.4 is 10.2 Å². The Morgan fingerprint density at radius 3 is 2.20 bits per heavy atom. The van der Waals surface area contributed by atoms with Crippen molar-refractivity contribution in [3.63, 3.8) is 0 Å². The fourth-order valence-corrected chi connectivity index (χ4v) is 4.96. The van der Waals surface area contributed by atoms with Crippen molar-refractivity contribution in [2.45, 2.75) is 25.0 Å². The van der Waals surface area contributed by atoms with E-state index in [0.29, 0.717) is 35.4 Å². The van der Waals surface area contributed by atoms with Crippen molar-refractivity contribution in [3.05, 3.63) is 72.1 Å². The molecule has 0 aliphatic carbocycles. The van der Waals surface area contributed by atoms with Gasteiger partial charge in [-0.25, -0.2) is 0 Å². The highest BCUT2D eigenvalue weighted by Gasteiger charge is 2.26. The first-order chi connectivity index (χ1) is 16.9. The first-order valence-corrected chi connectivity index (χ1v) is 12.9. The summed E-state index contributed by atoms with van der Waals surface area (Å²) in [7, 11) is 1.88. The molecule has 0 radical (unpaired) electrons. The molecule has 1 unspecified atom stereocenters. The summed E-state index contributed by atoms with van der Waals surface area (Å²) >= 11 is 1.38. The lowest BCUT2D eigenvalue weighted by molar-refractivity contribution is -0.128. The van der Waals surface area contributed by atoms with Crippen LogP contribution in [0, 0.1) is 5.92 Å². The number of anilines is 1. The molecule has 35 heavy (non-hydrogen) atoms. The smallest absolute Gasteiger partial charge is 0.251 e. The van der Waals surface area contributed by atoms with Gasteiger partial charge in [0.05, 0.1) is 11.8 Å². The maximum atomic E-state index is 12.8. The van der Waals surface area contributed by atoms with Gasteiger partial charge in [0.15, 0.2) is 11.0 Å². The molecule has 0 spiro atoms. The topological polar surface area (TPSA) is 83.4 Å². The summed E-state index contributed by atoms with van der Waals surface area (Å²) in [5.41, 5.74) is 1.80. The highest BCUT2D eigenvalue weighted by atomic mass is 32.2. The molecule has 2 heterocycles. The summed E-state index contributed by atoms with van der Waals surface area (Å²) in [5.74, 6) is 1.05. The van der Waals surface area contributed by atoms with E-state index in [0.717, 1.165) is 13.1 Å². The Balaban J connectivity index is 1.33. The average Bonchev–Trinajstić information content (AvgIpc) is 3.26.